The Labute approximate surface area is 111 Å². The van der Waals surface area contributed by atoms with Crippen molar-refractivity contribution in [1.82, 2.24) is 4.98 Å². The Morgan fingerprint density at radius 2 is 2.00 bits per heavy atom. The highest BCUT2D eigenvalue weighted by atomic mass is 16.3. The maximum absolute atomic E-state index is 9.51. The highest BCUT2D eigenvalue weighted by molar-refractivity contribution is 5.83. The van der Waals surface area contributed by atoms with Crippen molar-refractivity contribution < 1.29 is 5.11 Å². The largest absolute Gasteiger partial charge is 0.508 e. The van der Waals surface area contributed by atoms with E-state index in [1.165, 1.54) is 5.39 Å². The van der Waals surface area contributed by atoms with Crippen LogP contribution in [0.15, 0.2) is 54.7 Å². The van der Waals surface area contributed by atoms with E-state index in [1.54, 1.807) is 12.1 Å². The monoisotopic (exact) mass is 252 g/mol. The molecule has 19 heavy (non-hydrogen) atoms. The molecule has 0 aliphatic carbocycles. The zero-order chi connectivity index (χ0) is 13.2. The number of fused-ring (bicyclic) bond motifs is 1. The molecule has 1 unspecified atom stereocenters. The lowest BCUT2D eigenvalue weighted by Crippen LogP contribution is -2.06. The number of phenolic OH excluding ortho intramolecular Hbond substituents is 1. The standard InChI is InChI=1S/C16H16N2O/c1-11(12-3-2-4-15(19)10-12)18-14-5-6-16-13(9-14)7-8-17-16/h2-11,17-19H,1H3. The molecule has 1 aromatic heterocycles. The van der Waals surface area contributed by atoms with E-state index >= 15 is 0 Å². The summed E-state index contributed by atoms with van der Waals surface area (Å²) in [5.74, 6) is 0.298. The first-order valence-electron chi connectivity index (χ1n) is 6.35. The lowest BCUT2D eigenvalue weighted by atomic mass is 10.1. The Bertz CT molecular complexity index is 703. The van der Waals surface area contributed by atoms with Gasteiger partial charge in [0.2, 0.25) is 0 Å². The van der Waals surface area contributed by atoms with Crippen LogP contribution in [-0.2, 0) is 0 Å². The van der Waals surface area contributed by atoms with E-state index < -0.39 is 0 Å². The Morgan fingerprint density at radius 3 is 2.84 bits per heavy atom. The molecule has 0 spiro atoms. The van der Waals surface area contributed by atoms with E-state index in [0.29, 0.717) is 5.75 Å². The van der Waals surface area contributed by atoms with E-state index in [1.807, 2.05) is 18.3 Å². The van der Waals surface area contributed by atoms with Crippen LogP contribution in [0.5, 0.6) is 5.75 Å². The van der Waals surface area contributed by atoms with Crippen molar-refractivity contribution in [2.24, 2.45) is 0 Å². The molecule has 0 fully saturated rings. The average molecular weight is 252 g/mol. The Balaban J connectivity index is 1.83. The van der Waals surface area contributed by atoms with E-state index in [9.17, 15) is 5.11 Å². The van der Waals surface area contributed by atoms with Crippen LogP contribution in [0, 0.1) is 0 Å². The highest BCUT2D eigenvalue weighted by Gasteiger charge is 2.06. The van der Waals surface area contributed by atoms with E-state index in [4.69, 9.17) is 0 Å². The molecule has 3 rings (SSSR count). The molecule has 2 aromatic carbocycles. The molecular weight excluding hydrogens is 236 g/mol. The summed E-state index contributed by atoms with van der Waals surface area (Å²) >= 11 is 0. The fraction of sp³-hybridized carbons (Fsp3) is 0.125. The van der Waals surface area contributed by atoms with Gasteiger partial charge in [0.25, 0.3) is 0 Å². The van der Waals surface area contributed by atoms with Crippen molar-refractivity contribution in [1.29, 1.82) is 0 Å². The van der Waals surface area contributed by atoms with E-state index in [0.717, 1.165) is 16.8 Å². The topological polar surface area (TPSA) is 48.0 Å². The number of nitrogens with one attached hydrogen (secondary N) is 2. The summed E-state index contributed by atoms with van der Waals surface area (Å²) in [6.45, 7) is 2.08. The third-order valence-corrected chi connectivity index (χ3v) is 3.31. The number of hydrogen-bond acceptors (Lipinski definition) is 2. The van der Waals surface area contributed by atoms with Crippen LogP contribution in [0.1, 0.15) is 18.5 Å². The number of benzene rings is 2. The lowest BCUT2D eigenvalue weighted by molar-refractivity contribution is 0.474. The summed E-state index contributed by atoms with van der Waals surface area (Å²) in [5, 5.41) is 14.1. The predicted octanol–water partition coefficient (Wildman–Crippen LogP) is 4.05. The number of anilines is 1. The van der Waals surface area contributed by atoms with Crippen LogP contribution in [0.4, 0.5) is 5.69 Å². The number of aromatic nitrogens is 1. The number of aromatic hydroxyl groups is 1. The fourth-order valence-corrected chi connectivity index (χ4v) is 2.27. The van der Waals surface area contributed by atoms with Crippen molar-refractivity contribution in [3.8, 4) is 5.75 Å². The summed E-state index contributed by atoms with van der Waals surface area (Å²) in [7, 11) is 0. The minimum atomic E-state index is 0.142. The Morgan fingerprint density at radius 1 is 1.11 bits per heavy atom. The fourth-order valence-electron chi connectivity index (χ4n) is 2.27. The second kappa shape index (κ2) is 4.69. The quantitative estimate of drug-likeness (QED) is 0.658. The molecule has 96 valence electrons. The molecular formula is C16H16N2O. The van der Waals surface area contributed by atoms with Crippen molar-refractivity contribution >= 4 is 16.6 Å². The molecule has 3 aromatic rings. The third-order valence-electron chi connectivity index (χ3n) is 3.31. The van der Waals surface area contributed by atoms with Gasteiger partial charge < -0.3 is 15.4 Å². The van der Waals surface area contributed by atoms with Crippen molar-refractivity contribution in [2.45, 2.75) is 13.0 Å². The first kappa shape index (κ1) is 11.7. The number of hydrogen-bond donors (Lipinski definition) is 3. The van der Waals surface area contributed by atoms with Gasteiger partial charge in [-0.15, -0.1) is 0 Å². The molecule has 1 heterocycles. The summed E-state index contributed by atoms with van der Waals surface area (Å²) in [5.41, 5.74) is 3.27. The van der Waals surface area contributed by atoms with Gasteiger partial charge in [-0.2, -0.15) is 0 Å². The van der Waals surface area contributed by atoms with Gasteiger partial charge in [-0.3, -0.25) is 0 Å². The maximum atomic E-state index is 9.51. The van der Waals surface area contributed by atoms with Crippen LogP contribution in [0.2, 0.25) is 0 Å². The SMILES string of the molecule is CC(Nc1ccc2[nH]ccc2c1)c1cccc(O)c1. The molecule has 0 saturated carbocycles. The number of H-pyrrole nitrogens is 1. The normalized spacial score (nSPS) is 12.5. The van der Waals surface area contributed by atoms with Crippen molar-refractivity contribution in [3.05, 3.63) is 60.3 Å². The molecule has 0 amide bonds. The number of rotatable bonds is 3. The molecule has 3 N–H and O–H groups in total. The molecule has 3 heteroatoms. The van der Waals surface area contributed by atoms with Gasteiger partial charge in [0.1, 0.15) is 5.75 Å². The molecule has 3 nitrogen and oxygen atoms in total. The van der Waals surface area contributed by atoms with Crippen molar-refractivity contribution in [2.75, 3.05) is 5.32 Å². The van der Waals surface area contributed by atoms with Gasteiger partial charge in [-0.1, -0.05) is 12.1 Å². The van der Waals surface area contributed by atoms with Gasteiger partial charge in [0, 0.05) is 28.8 Å². The molecule has 0 aliphatic rings. The minimum absolute atomic E-state index is 0.142. The van der Waals surface area contributed by atoms with Crippen molar-refractivity contribution in [3.63, 3.8) is 0 Å². The molecule has 0 aliphatic heterocycles. The van der Waals surface area contributed by atoms with E-state index in [-0.39, 0.29) is 6.04 Å². The number of phenols is 1. The Hall–Kier alpha value is -2.42. The predicted molar refractivity (Wildman–Crippen MR) is 78.4 cm³/mol. The van der Waals surface area contributed by atoms with Crippen LogP contribution in [0.25, 0.3) is 10.9 Å². The second-order valence-electron chi connectivity index (χ2n) is 4.74. The van der Waals surface area contributed by atoms with Gasteiger partial charge in [-0.25, -0.2) is 0 Å². The average Bonchev–Trinajstić information content (AvgIpc) is 2.86. The third kappa shape index (κ3) is 2.40. The summed E-state index contributed by atoms with van der Waals surface area (Å²) in [4.78, 5) is 3.18. The van der Waals surface area contributed by atoms with E-state index in [2.05, 4.69) is 41.5 Å². The summed E-state index contributed by atoms with van der Waals surface area (Å²) < 4.78 is 0. The van der Waals surface area contributed by atoms with Gasteiger partial charge in [0.15, 0.2) is 0 Å². The Kier molecular flexibility index (Phi) is 2.88. The smallest absolute Gasteiger partial charge is 0.115 e. The zero-order valence-corrected chi connectivity index (χ0v) is 10.7. The summed E-state index contributed by atoms with van der Waals surface area (Å²) in [6.07, 6.45) is 1.94. The lowest BCUT2D eigenvalue weighted by Gasteiger charge is -2.16. The molecule has 1 atom stereocenters. The van der Waals surface area contributed by atoms with Gasteiger partial charge in [0.05, 0.1) is 0 Å². The summed E-state index contributed by atoms with van der Waals surface area (Å²) in [6, 6.07) is 15.8. The second-order valence-corrected chi connectivity index (χ2v) is 4.74. The minimum Gasteiger partial charge on any atom is -0.508 e. The van der Waals surface area contributed by atoms with Crippen LogP contribution >= 0.6 is 0 Å². The first-order valence-corrected chi connectivity index (χ1v) is 6.35. The van der Waals surface area contributed by atoms with Gasteiger partial charge in [-0.05, 0) is 48.9 Å². The molecule has 0 bridgehead atoms. The maximum Gasteiger partial charge on any atom is 0.115 e. The molecule has 0 saturated heterocycles. The van der Waals surface area contributed by atoms with Gasteiger partial charge >= 0.3 is 0 Å². The van der Waals surface area contributed by atoms with Crippen LogP contribution in [-0.4, -0.2) is 10.1 Å². The van der Waals surface area contributed by atoms with Crippen LogP contribution in [0.3, 0.4) is 0 Å². The molecule has 0 radical (unpaired) electrons. The van der Waals surface area contributed by atoms with Crippen LogP contribution < -0.4 is 5.32 Å². The highest BCUT2D eigenvalue weighted by Crippen LogP contribution is 2.24. The first-order chi connectivity index (χ1) is 9.22. The zero-order valence-electron chi connectivity index (χ0n) is 10.7. The number of aromatic amines is 1.